The molecule has 2 rings (SSSR count). The number of furan rings is 1. The second-order valence-corrected chi connectivity index (χ2v) is 3.24. The van der Waals surface area contributed by atoms with E-state index in [2.05, 4.69) is 4.98 Å². The molecule has 4 heteroatoms. The van der Waals surface area contributed by atoms with Crippen LogP contribution in [0.3, 0.4) is 0 Å². The summed E-state index contributed by atoms with van der Waals surface area (Å²) < 4.78 is 4.92. The molecule has 0 unspecified atom stereocenters. The van der Waals surface area contributed by atoms with Crippen LogP contribution >= 0.6 is 0 Å². The number of carbonyl (C=O) groups excluding carboxylic acids is 2. The van der Waals surface area contributed by atoms with Crippen LogP contribution in [-0.2, 0) is 0 Å². The number of carbonyl (C=O) groups is 2. The summed E-state index contributed by atoms with van der Waals surface area (Å²) in [6.45, 7) is 0. The number of Topliss-reactive ketones (excluding diaryl/α,β-unsaturated/α-hetero) is 2. The molecule has 0 amide bonds. The Morgan fingerprint density at radius 1 is 1.12 bits per heavy atom. The van der Waals surface area contributed by atoms with E-state index in [9.17, 15) is 9.59 Å². The summed E-state index contributed by atoms with van der Waals surface area (Å²) in [5.74, 6) is -0.335. The highest BCUT2D eigenvalue weighted by Crippen LogP contribution is 2.08. The van der Waals surface area contributed by atoms with Crippen molar-refractivity contribution in [1.82, 2.24) is 4.98 Å². The predicted octanol–water partition coefficient (Wildman–Crippen LogP) is 2.13. The van der Waals surface area contributed by atoms with E-state index >= 15 is 0 Å². The summed E-state index contributed by atoms with van der Waals surface area (Å²) in [5.41, 5.74) is 0.481. The van der Waals surface area contributed by atoms with Crippen molar-refractivity contribution in [3.8, 4) is 0 Å². The minimum absolute atomic E-state index is 0.183. The van der Waals surface area contributed by atoms with Gasteiger partial charge in [0.05, 0.1) is 12.7 Å². The lowest BCUT2D eigenvalue weighted by Crippen LogP contribution is -2.07. The highest BCUT2D eigenvalue weighted by molar-refractivity contribution is 6.12. The number of pyridine rings is 1. The van der Waals surface area contributed by atoms with E-state index in [1.165, 1.54) is 18.7 Å². The van der Waals surface area contributed by atoms with Crippen LogP contribution in [0.2, 0.25) is 0 Å². The molecule has 2 heterocycles. The largest absolute Gasteiger partial charge is 0.461 e. The van der Waals surface area contributed by atoms with Crippen molar-refractivity contribution in [2.24, 2.45) is 0 Å². The second kappa shape index (κ2) is 4.53. The van der Waals surface area contributed by atoms with Crippen LogP contribution in [0.15, 0.2) is 47.3 Å². The van der Waals surface area contributed by atoms with Crippen molar-refractivity contribution in [3.63, 3.8) is 0 Å². The maximum Gasteiger partial charge on any atom is 0.205 e. The fourth-order valence-corrected chi connectivity index (χ4v) is 1.31. The zero-order valence-corrected chi connectivity index (χ0v) is 8.42. The van der Waals surface area contributed by atoms with Crippen LogP contribution < -0.4 is 0 Å². The van der Waals surface area contributed by atoms with E-state index in [0.29, 0.717) is 5.56 Å². The molecule has 2 aromatic heterocycles. The van der Waals surface area contributed by atoms with Gasteiger partial charge in [-0.05, 0) is 24.3 Å². The Labute approximate surface area is 91.9 Å². The molecular weight excluding hydrogens is 206 g/mol. The molecule has 2 aromatic rings. The third-order valence-electron chi connectivity index (χ3n) is 2.12. The summed E-state index contributed by atoms with van der Waals surface area (Å²) in [5, 5.41) is 0. The Morgan fingerprint density at radius 2 is 1.88 bits per heavy atom. The van der Waals surface area contributed by atoms with Gasteiger partial charge in [0, 0.05) is 18.0 Å². The first-order chi connectivity index (χ1) is 7.77. The Balaban J connectivity index is 2.06. The Bertz CT molecular complexity index is 488. The van der Waals surface area contributed by atoms with Gasteiger partial charge in [0.15, 0.2) is 11.5 Å². The zero-order valence-electron chi connectivity index (χ0n) is 8.42. The molecule has 0 aliphatic heterocycles. The SMILES string of the molecule is O=C(CC(=O)c1ccco1)c1ccncc1. The molecule has 0 fully saturated rings. The summed E-state index contributed by atoms with van der Waals surface area (Å²) in [6, 6.07) is 6.32. The lowest BCUT2D eigenvalue weighted by Gasteiger charge is -1.97. The zero-order chi connectivity index (χ0) is 11.4. The monoisotopic (exact) mass is 215 g/mol. The van der Waals surface area contributed by atoms with Gasteiger partial charge in [-0.2, -0.15) is 0 Å². The van der Waals surface area contributed by atoms with Gasteiger partial charge in [-0.15, -0.1) is 0 Å². The summed E-state index contributed by atoms with van der Waals surface area (Å²) in [7, 11) is 0. The normalized spacial score (nSPS) is 10.0. The molecule has 0 saturated heterocycles. The van der Waals surface area contributed by atoms with Gasteiger partial charge in [0.2, 0.25) is 5.78 Å². The van der Waals surface area contributed by atoms with E-state index < -0.39 is 0 Å². The smallest absolute Gasteiger partial charge is 0.205 e. The van der Waals surface area contributed by atoms with Crippen LogP contribution in [0.25, 0.3) is 0 Å². The van der Waals surface area contributed by atoms with E-state index in [-0.39, 0.29) is 23.7 Å². The molecule has 0 N–H and O–H groups in total. The highest BCUT2D eigenvalue weighted by atomic mass is 16.3. The standard InChI is InChI=1S/C12H9NO3/c14-10(9-3-5-13-6-4-9)8-11(15)12-2-1-7-16-12/h1-7H,8H2. The minimum atomic E-state index is -0.313. The molecule has 80 valence electrons. The van der Waals surface area contributed by atoms with Gasteiger partial charge in [-0.25, -0.2) is 0 Å². The Hall–Kier alpha value is -2.23. The van der Waals surface area contributed by atoms with Gasteiger partial charge in [-0.1, -0.05) is 0 Å². The van der Waals surface area contributed by atoms with E-state index in [1.807, 2.05) is 0 Å². The van der Waals surface area contributed by atoms with Crippen molar-refractivity contribution >= 4 is 11.6 Å². The molecule has 0 saturated carbocycles. The molecule has 0 atom stereocenters. The first-order valence-corrected chi connectivity index (χ1v) is 4.77. The van der Waals surface area contributed by atoms with Crippen molar-refractivity contribution in [3.05, 3.63) is 54.2 Å². The van der Waals surface area contributed by atoms with Gasteiger partial charge < -0.3 is 4.42 Å². The van der Waals surface area contributed by atoms with Crippen LogP contribution in [0, 0.1) is 0 Å². The maximum absolute atomic E-state index is 11.7. The summed E-state index contributed by atoms with van der Waals surface area (Å²) in [6.07, 6.45) is 4.26. The third kappa shape index (κ3) is 2.23. The number of hydrogen-bond donors (Lipinski definition) is 0. The van der Waals surface area contributed by atoms with Gasteiger partial charge in [-0.3, -0.25) is 14.6 Å². The molecular formula is C12H9NO3. The number of nitrogens with zero attached hydrogens (tertiary/aromatic N) is 1. The van der Waals surface area contributed by atoms with Gasteiger partial charge >= 0.3 is 0 Å². The number of ketones is 2. The van der Waals surface area contributed by atoms with E-state index in [4.69, 9.17) is 4.42 Å². The van der Waals surface area contributed by atoms with Crippen molar-refractivity contribution in [1.29, 1.82) is 0 Å². The number of rotatable bonds is 4. The number of hydrogen-bond acceptors (Lipinski definition) is 4. The highest BCUT2D eigenvalue weighted by Gasteiger charge is 2.15. The fourth-order valence-electron chi connectivity index (χ4n) is 1.31. The maximum atomic E-state index is 11.7. The number of aromatic nitrogens is 1. The van der Waals surface area contributed by atoms with Crippen LogP contribution in [0.1, 0.15) is 27.3 Å². The van der Waals surface area contributed by atoms with E-state index in [0.717, 1.165) is 0 Å². The molecule has 0 radical (unpaired) electrons. The van der Waals surface area contributed by atoms with Crippen LogP contribution in [0.4, 0.5) is 0 Å². The molecule has 0 aliphatic carbocycles. The lowest BCUT2D eigenvalue weighted by molar-refractivity contribution is 0.0878. The molecule has 0 aromatic carbocycles. The quantitative estimate of drug-likeness (QED) is 0.579. The van der Waals surface area contributed by atoms with Crippen molar-refractivity contribution in [2.75, 3.05) is 0 Å². The second-order valence-electron chi connectivity index (χ2n) is 3.24. The first kappa shape index (κ1) is 10.3. The van der Waals surface area contributed by atoms with Crippen LogP contribution in [-0.4, -0.2) is 16.6 Å². The third-order valence-corrected chi connectivity index (χ3v) is 2.12. The first-order valence-electron chi connectivity index (χ1n) is 4.77. The molecule has 0 aliphatic rings. The lowest BCUT2D eigenvalue weighted by atomic mass is 10.1. The fraction of sp³-hybridized carbons (Fsp3) is 0.0833. The van der Waals surface area contributed by atoms with Crippen molar-refractivity contribution < 1.29 is 14.0 Å². The Kier molecular flexibility index (Phi) is 2.91. The molecule has 4 nitrogen and oxygen atoms in total. The van der Waals surface area contributed by atoms with Crippen molar-refractivity contribution in [2.45, 2.75) is 6.42 Å². The van der Waals surface area contributed by atoms with Gasteiger partial charge in [0.25, 0.3) is 0 Å². The van der Waals surface area contributed by atoms with Crippen LogP contribution in [0.5, 0.6) is 0 Å². The molecule has 16 heavy (non-hydrogen) atoms. The van der Waals surface area contributed by atoms with E-state index in [1.54, 1.807) is 24.3 Å². The average molecular weight is 215 g/mol. The Morgan fingerprint density at radius 3 is 2.50 bits per heavy atom. The topological polar surface area (TPSA) is 60.2 Å². The molecule has 0 bridgehead atoms. The summed E-state index contributed by atoms with van der Waals surface area (Å²) >= 11 is 0. The predicted molar refractivity (Wildman–Crippen MR) is 56.2 cm³/mol. The molecule has 0 spiro atoms. The minimum Gasteiger partial charge on any atom is -0.461 e. The average Bonchev–Trinajstić information content (AvgIpc) is 2.83. The van der Waals surface area contributed by atoms with Gasteiger partial charge in [0.1, 0.15) is 0 Å². The summed E-state index contributed by atoms with van der Waals surface area (Å²) in [4.78, 5) is 27.0.